The van der Waals surface area contributed by atoms with Crippen molar-refractivity contribution < 1.29 is 39.2 Å². The number of hydrogen-bond donors (Lipinski definition) is 4. The first-order valence-corrected chi connectivity index (χ1v) is 14.3. The van der Waals surface area contributed by atoms with Crippen molar-refractivity contribution in [2.75, 3.05) is 11.1 Å². The number of rotatable bonds is 12. The highest BCUT2D eigenvalue weighted by atomic mass is 32.2. The van der Waals surface area contributed by atoms with Crippen molar-refractivity contribution in [3.05, 3.63) is 95.1 Å². The van der Waals surface area contributed by atoms with Gasteiger partial charge in [-0.2, -0.15) is 0 Å². The lowest BCUT2D eigenvalue weighted by atomic mass is 9.91. The number of carbonyl (C=O) groups excluding carboxylic acids is 1. The lowest BCUT2D eigenvalue weighted by Gasteiger charge is -2.41. The zero-order valence-electron chi connectivity index (χ0n) is 22.6. The third kappa shape index (κ3) is 8.40. The second-order valence-electron chi connectivity index (χ2n) is 9.88. The van der Waals surface area contributed by atoms with E-state index >= 15 is 0 Å². The van der Waals surface area contributed by atoms with Crippen molar-refractivity contribution in [3.8, 4) is 0 Å². The molecule has 4 atom stereocenters. The molecule has 1 fully saturated rings. The van der Waals surface area contributed by atoms with Crippen molar-refractivity contribution >= 4 is 35.3 Å². The van der Waals surface area contributed by atoms with Gasteiger partial charge in [0.05, 0.1) is 24.4 Å². The minimum Gasteiger partial charge on any atom is -0.481 e. The van der Waals surface area contributed by atoms with E-state index in [9.17, 15) is 24.6 Å². The quantitative estimate of drug-likeness (QED) is 0.200. The predicted octanol–water partition coefficient (Wildman–Crippen LogP) is 5.65. The Bertz CT molecular complexity index is 1340. The molecule has 4 rings (SSSR count). The van der Waals surface area contributed by atoms with Crippen LogP contribution in [0.15, 0.2) is 77.7 Å². The van der Waals surface area contributed by atoms with Crippen LogP contribution in [0.5, 0.6) is 0 Å². The maximum absolute atomic E-state index is 12.3. The third-order valence-electron chi connectivity index (χ3n) is 6.88. The number of aliphatic hydroxyl groups is 1. The number of aromatic carboxylic acids is 1. The Morgan fingerprint density at radius 1 is 0.902 bits per heavy atom. The number of carboxylic acid groups (broad SMARTS) is 2. The molecule has 1 aliphatic rings. The summed E-state index contributed by atoms with van der Waals surface area (Å²) in [6.45, 7) is 2.01. The number of nitrogens with one attached hydrogen (secondary N) is 1. The molecular formula is C31H33NO8S. The van der Waals surface area contributed by atoms with E-state index in [1.54, 1.807) is 54.2 Å². The number of amides is 1. The molecule has 3 aromatic carbocycles. The van der Waals surface area contributed by atoms with Gasteiger partial charge in [0.1, 0.15) is 0 Å². The van der Waals surface area contributed by atoms with Crippen LogP contribution in [0.25, 0.3) is 0 Å². The van der Waals surface area contributed by atoms with Gasteiger partial charge >= 0.3 is 11.9 Å². The fraction of sp³-hybridized carbons (Fsp3) is 0.323. The minimum absolute atomic E-state index is 0.0332. The number of aliphatic carboxylic acids is 1. The number of carboxylic acids is 2. The van der Waals surface area contributed by atoms with Crippen LogP contribution in [-0.2, 0) is 25.7 Å². The molecule has 0 radical (unpaired) electrons. The van der Waals surface area contributed by atoms with E-state index in [0.717, 1.165) is 21.6 Å². The van der Waals surface area contributed by atoms with Crippen LogP contribution in [-0.4, -0.2) is 45.0 Å². The Labute approximate surface area is 242 Å². The van der Waals surface area contributed by atoms with E-state index in [4.69, 9.17) is 14.6 Å². The summed E-state index contributed by atoms with van der Waals surface area (Å²) in [7, 11) is 0. The highest BCUT2D eigenvalue weighted by molar-refractivity contribution is 7.99. The molecule has 216 valence electrons. The molecule has 0 bridgehead atoms. The summed E-state index contributed by atoms with van der Waals surface area (Å²) in [5, 5.41) is 30.3. The molecule has 41 heavy (non-hydrogen) atoms. The summed E-state index contributed by atoms with van der Waals surface area (Å²) in [6, 6.07) is 21.5. The van der Waals surface area contributed by atoms with E-state index < -0.39 is 18.2 Å². The normalized spacial score (nSPS) is 20.3. The number of hydrogen-bond acceptors (Lipinski definition) is 7. The van der Waals surface area contributed by atoms with E-state index in [1.165, 1.54) is 0 Å². The average Bonchev–Trinajstić information content (AvgIpc) is 2.97. The lowest BCUT2D eigenvalue weighted by Crippen LogP contribution is -2.38. The smallest absolute Gasteiger partial charge is 0.335 e. The van der Waals surface area contributed by atoms with Crippen LogP contribution in [0, 0.1) is 5.92 Å². The summed E-state index contributed by atoms with van der Waals surface area (Å²) in [5.74, 6) is -1.62. The molecule has 1 heterocycles. The van der Waals surface area contributed by atoms with Crippen molar-refractivity contribution in [3.63, 3.8) is 0 Å². The maximum Gasteiger partial charge on any atom is 0.335 e. The Hall–Kier alpha value is -3.70. The number of thioether (sulfide) groups is 1. The monoisotopic (exact) mass is 579 g/mol. The Morgan fingerprint density at radius 3 is 2.29 bits per heavy atom. The molecule has 0 saturated carbocycles. The van der Waals surface area contributed by atoms with Crippen LogP contribution in [0.2, 0.25) is 0 Å². The molecule has 0 unspecified atom stereocenters. The standard InChI is InChI=1S/C31H33NO8S/c1-19-26(18-41-25-14-12-22(13-15-25)30(37)38)39-31(40-29(19)21-10-8-20(17-33)9-11-21)23-4-2-5-24(16-23)32-27(34)6-3-7-28(35)36/h2,4-5,8-16,19,26,29,31,33H,3,6-7,17-18H2,1H3,(H,32,34)(H,35,36)(H,37,38)/t19-,26+,29+,31+/m0/s1. The molecule has 3 aromatic rings. The second-order valence-corrected chi connectivity index (χ2v) is 11.0. The molecule has 1 amide bonds. The molecule has 0 aliphatic carbocycles. The fourth-order valence-corrected chi connectivity index (χ4v) is 5.64. The highest BCUT2D eigenvalue weighted by Crippen LogP contribution is 2.43. The first-order chi connectivity index (χ1) is 19.7. The fourth-order valence-electron chi connectivity index (χ4n) is 4.57. The number of anilines is 1. The lowest BCUT2D eigenvalue weighted by molar-refractivity contribution is -0.268. The van der Waals surface area contributed by atoms with Gasteiger partial charge < -0.3 is 30.1 Å². The van der Waals surface area contributed by atoms with E-state index in [0.29, 0.717) is 11.4 Å². The minimum atomic E-state index is -0.973. The van der Waals surface area contributed by atoms with Gasteiger partial charge in [0, 0.05) is 40.7 Å². The second kappa shape index (κ2) is 14.3. The van der Waals surface area contributed by atoms with Gasteiger partial charge in [-0.1, -0.05) is 43.3 Å². The topological polar surface area (TPSA) is 142 Å². The van der Waals surface area contributed by atoms with Crippen LogP contribution in [0.1, 0.15) is 65.6 Å². The zero-order valence-corrected chi connectivity index (χ0v) is 23.4. The Balaban J connectivity index is 1.52. The van der Waals surface area contributed by atoms with Crippen LogP contribution in [0.3, 0.4) is 0 Å². The molecule has 9 nitrogen and oxygen atoms in total. The molecule has 1 saturated heterocycles. The molecule has 1 aliphatic heterocycles. The number of carbonyl (C=O) groups is 3. The Kier molecular flexibility index (Phi) is 10.5. The van der Waals surface area contributed by atoms with Crippen molar-refractivity contribution in [1.29, 1.82) is 0 Å². The summed E-state index contributed by atoms with van der Waals surface area (Å²) < 4.78 is 12.9. The number of ether oxygens (including phenoxy) is 2. The summed E-state index contributed by atoms with van der Waals surface area (Å²) in [4.78, 5) is 35.2. The maximum atomic E-state index is 12.3. The molecular weight excluding hydrogens is 546 g/mol. The van der Waals surface area contributed by atoms with Gasteiger partial charge in [0.25, 0.3) is 0 Å². The van der Waals surface area contributed by atoms with Gasteiger partial charge in [-0.3, -0.25) is 9.59 Å². The molecule has 0 aromatic heterocycles. The van der Waals surface area contributed by atoms with Crippen molar-refractivity contribution in [2.45, 2.75) is 56.2 Å². The summed E-state index contributed by atoms with van der Waals surface area (Å²) >= 11 is 1.57. The van der Waals surface area contributed by atoms with Crippen LogP contribution >= 0.6 is 11.8 Å². The molecule has 0 spiro atoms. The first-order valence-electron chi connectivity index (χ1n) is 13.3. The van der Waals surface area contributed by atoms with E-state index in [1.807, 2.05) is 30.3 Å². The van der Waals surface area contributed by atoms with Gasteiger partial charge in [-0.15, -0.1) is 11.8 Å². The first kappa shape index (κ1) is 30.3. The zero-order chi connectivity index (χ0) is 29.4. The van der Waals surface area contributed by atoms with Crippen LogP contribution < -0.4 is 5.32 Å². The summed E-state index contributed by atoms with van der Waals surface area (Å²) in [6.07, 6.45) is -0.978. The Morgan fingerprint density at radius 2 is 1.63 bits per heavy atom. The predicted molar refractivity (Wildman–Crippen MR) is 154 cm³/mol. The van der Waals surface area contributed by atoms with Gasteiger partial charge in [-0.25, -0.2) is 4.79 Å². The van der Waals surface area contributed by atoms with Crippen molar-refractivity contribution in [2.24, 2.45) is 5.92 Å². The summed E-state index contributed by atoms with van der Waals surface area (Å²) in [5.41, 5.74) is 3.26. The van der Waals surface area contributed by atoms with E-state index in [2.05, 4.69) is 12.2 Å². The molecule has 4 N–H and O–H groups in total. The SMILES string of the molecule is C[C@H]1[C@@H](CSc2ccc(C(=O)O)cc2)O[C@@H](c2cccc(NC(=O)CCCC(=O)O)c2)O[C@H]1c1ccc(CO)cc1. The van der Waals surface area contributed by atoms with E-state index in [-0.39, 0.29) is 55.5 Å². The third-order valence-corrected chi connectivity index (χ3v) is 7.98. The number of benzene rings is 3. The number of aliphatic hydroxyl groups excluding tert-OH is 1. The molecule has 10 heteroatoms. The van der Waals surface area contributed by atoms with Crippen LogP contribution in [0.4, 0.5) is 5.69 Å². The van der Waals surface area contributed by atoms with Crippen molar-refractivity contribution in [1.82, 2.24) is 0 Å². The van der Waals surface area contributed by atoms with Gasteiger partial charge in [0.2, 0.25) is 5.91 Å². The van der Waals surface area contributed by atoms with Gasteiger partial charge in [-0.05, 0) is 53.9 Å². The average molecular weight is 580 g/mol. The highest BCUT2D eigenvalue weighted by Gasteiger charge is 2.38. The van der Waals surface area contributed by atoms with Gasteiger partial charge in [0.15, 0.2) is 6.29 Å². The largest absolute Gasteiger partial charge is 0.481 e.